The molecule has 4 atom stereocenters. The molecule has 0 nitrogen and oxygen atoms in total. The lowest BCUT2D eigenvalue weighted by Crippen LogP contribution is -2.12. The number of halogens is 2. The Morgan fingerprint density at radius 1 is 1.21 bits per heavy atom. The highest BCUT2D eigenvalue weighted by atomic mass is 79.9. The molecule has 1 aromatic rings. The molecule has 4 unspecified atom stereocenters. The van der Waals surface area contributed by atoms with Crippen LogP contribution in [0.25, 0.3) is 0 Å². The van der Waals surface area contributed by atoms with Crippen molar-refractivity contribution in [3.63, 3.8) is 0 Å². The van der Waals surface area contributed by atoms with Crippen molar-refractivity contribution in [1.82, 2.24) is 0 Å². The molecule has 0 radical (unpaired) electrons. The van der Waals surface area contributed by atoms with E-state index in [4.69, 9.17) is 0 Å². The van der Waals surface area contributed by atoms with Crippen molar-refractivity contribution in [2.24, 2.45) is 17.8 Å². The smallest absolute Gasteiger partial charge is 0.129 e. The molecule has 2 bridgehead atoms. The summed E-state index contributed by atoms with van der Waals surface area (Å²) in [6, 6.07) is 4.02. The van der Waals surface area contributed by atoms with Crippen LogP contribution in [0.1, 0.15) is 53.6 Å². The van der Waals surface area contributed by atoms with Crippen molar-refractivity contribution in [2.45, 2.75) is 50.8 Å². The summed E-state index contributed by atoms with van der Waals surface area (Å²) in [5.74, 6) is 2.80. The maximum atomic E-state index is 13.7. The average Bonchev–Trinajstić information content (AvgIpc) is 2.97. The van der Waals surface area contributed by atoms with Crippen molar-refractivity contribution >= 4 is 15.9 Å². The summed E-state index contributed by atoms with van der Waals surface area (Å²) in [6.07, 6.45) is 7.00. The van der Waals surface area contributed by atoms with Gasteiger partial charge in [0.25, 0.3) is 0 Å². The second-order valence-corrected chi connectivity index (χ2v) is 7.71. The van der Waals surface area contributed by atoms with E-state index in [9.17, 15) is 4.39 Å². The van der Waals surface area contributed by atoms with Crippen LogP contribution in [0.2, 0.25) is 0 Å². The fourth-order valence-electron chi connectivity index (χ4n) is 4.23. The van der Waals surface area contributed by atoms with Gasteiger partial charge in [-0.05, 0) is 74.0 Å². The van der Waals surface area contributed by atoms with Crippen LogP contribution >= 0.6 is 15.9 Å². The molecular weight excluding hydrogens is 303 g/mol. The molecule has 2 saturated carbocycles. The maximum absolute atomic E-state index is 13.7. The molecule has 2 heteroatoms. The van der Waals surface area contributed by atoms with Gasteiger partial charge < -0.3 is 0 Å². The lowest BCUT2D eigenvalue weighted by atomic mass is 9.84. The molecular formula is C17H22BrF. The molecule has 2 fully saturated rings. The molecule has 104 valence electrons. The highest BCUT2D eigenvalue weighted by Crippen LogP contribution is 2.52. The predicted molar refractivity (Wildman–Crippen MR) is 81.1 cm³/mol. The van der Waals surface area contributed by atoms with Gasteiger partial charge in [-0.25, -0.2) is 4.39 Å². The van der Waals surface area contributed by atoms with E-state index in [2.05, 4.69) is 15.9 Å². The zero-order valence-corrected chi connectivity index (χ0v) is 13.3. The van der Waals surface area contributed by atoms with Gasteiger partial charge >= 0.3 is 0 Å². The van der Waals surface area contributed by atoms with Crippen LogP contribution in [0, 0.1) is 37.4 Å². The zero-order valence-electron chi connectivity index (χ0n) is 11.8. The number of aryl methyl sites for hydroxylation is 2. The standard InChI is InChI=1S/C17H22BrF/c1-10-5-15(6-11(2)17(10)19)16(18)9-14-8-12-3-4-13(14)7-12/h5-6,12-14,16H,3-4,7-9H2,1-2H3. The molecule has 0 heterocycles. The number of hydrogen-bond acceptors (Lipinski definition) is 0. The predicted octanol–water partition coefficient (Wildman–Crippen LogP) is 5.70. The molecule has 0 aromatic heterocycles. The first-order chi connectivity index (χ1) is 9.04. The van der Waals surface area contributed by atoms with Gasteiger partial charge in [0, 0.05) is 4.83 Å². The van der Waals surface area contributed by atoms with Gasteiger partial charge in [-0.3, -0.25) is 0 Å². The Kier molecular flexibility index (Phi) is 3.72. The largest absolute Gasteiger partial charge is 0.206 e. The summed E-state index contributed by atoms with van der Waals surface area (Å²) in [4.78, 5) is 0.384. The van der Waals surface area contributed by atoms with Gasteiger partial charge in [0.05, 0.1) is 0 Å². The van der Waals surface area contributed by atoms with Crippen molar-refractivity contribution in [1.29, 1.82) is 0 Å². The third-order valence-corrected chi connectivity index (χ3v) is 6.12. The molecule has 0 amide bonds. The Labute approximate surface area is 123 Å². The van der Waals surface area contributed by atoms with E-state index in [1.54, 1.807) is 0 Å². The Morgan fingerprint density at radius 2 is 1.89 bits per heavy atom. The van der Waals surface area contributed by atoms with Crippen LogP contribution in [0.3, 0.4) is 0 Å². The average molecular weight is 325 g/mol. The lowest BCUT2D eigenvalue weighted by molar-refractivity contribution is 0.314. The first-order valence-electron chi connectivity index (χ1n) is 7.45. The van der Waals surface area contributed by atoms with Crippen molar-refractivity contribution in [3.05, 3.63) is 34.6 Å². The lowest BCUT2D eigenvalue weighted by Gasteiger charge is -2.24. The van der Waals surface area contributed by atoms with Crippen molar-refractivity contribution in [2.75, 3.05) is 0 Å². The normalized spacial score (nSPS) is 30.8. The highest BCUT2D eigenvalue weighted by Gasteiger charge is 2.39. The number of benzene rings is 1. The van der Waals surface area contributed by atoms with Gasteiger partial charge in [0.1, 0.15) is 5.82 Å². The summed E-state index contributed by atoms with van der Waals surface area (Å²) in [7, 11) is 0. The second-order valence-electron chi connectivity index (χ2n) is 6.61. The van der Waals surface area contributed by atoms with E-state index in [1.807, 2.05) is 26.0 Å². The third-order valence-electron chi connectivity index (χ3n) is 5.21. The summed E-state index contributed by atoms with van der Waals surface area (Å²) < 4.78 is 13.7. The van der Waals surface area contributed by atoms with Crippen LogP contribution < -0.4 is 0 Å². The van der Waals surface area contributed by atoms with E-state index < -0.39 is 0 Å². The first kappa shape index (κ1) is 13.6. The number of alkyl halides is 1. The molecule has 0 saturated heterocycles. The molecule has 3 rings (SSSR count). The van der Waals surface area contributed by atoms with E-state index in [-0.39, 0.29) is 5.82 Å². The fraction of sp³-hybridized carbons (Fsp3) is 0.647. The molecule has 2 aliphatic rings. The van der Waals surface area contributed by atoms with E-state index in [0.717, 1.165) is 28.9 Å². The molecule has 1 aromatic carbocycles. The maximum Gasteiger partial charge on any atom is 0.129 e. The van der Waals surface area contributed by atoms with Crippen LogP contribution in [0.15, 0.2) is 12.1 Å². The minimum Gasteiger partial charge on any atom is -0.206 e. The van der Waals surface area contributed by atoms with Gasteiger partial charge in [0.2, 0.25) is 0 Å². The van der Waals surface area contributed by atoms with E-state index in [1.165, 1.54) is 37.7 Å². The Balaban J connectivity index is 1.72. The highest BCUT2D eigenvalue weighted by molar-refractivity contribution is 9.09. The zero-order chi connectivity index (χ0) is 13.6. The summed E-state index contributed by atoms with van der Waals surface area (Å²) in [5.41, 5.74) is 2.79. The first-order valence-corrected chi connectivity index (χ1v) is 8.37. The molecule has 0 aliphatic heterocycles. The van der Waals surface area contributed by atoms with E-state index in [0.29, 0.717) is 4.83 Å². The van der Waals surface area contributed by atoms with Crippen molar-refractivity contribution < 1.29 is 4.39 Å². The second kappa shape index (κ2) is 5.20. The van der Waals surface area contributed by atoms with Gasteiger partial charge in [-0.15, -0.1) is 0 Å². The third kappa shape index (κ3) is 2.61. The van der Waals surface area contributed by atoms with Crippen molar-refractivity contribution in [3.8, 4) is 0 Å². The van der Waals surface area contributed by atoms with Gasteiger partial charge in [-0.2, -0.15) is 0 Å². The molecule has 2 aliphatic carbocycles. The Bertz CT molecular complexity index is 459. The topological polar surface area (TPSA) is 0 Å². The number of rotatable bonds is 3. The SMILES string of the molecule is Cc1cc(C(Br)CC2CC3CCC2C3)cc(C)c1F. The number of fused-ring (bicyclic) bond motifs is 2. The van der Waals surface area contributed by atoms with Crippen LogP contribution in [-0.4, -0.2) is 0 Å². The molecule has 0 N–H and O–H groups in total. The Morgan fingerprint density at radius 3 is 2.42 bits per heavy atom. The van der Waals surface area contributed by atoms with Gasteiger partial charge in [0.15, 0.2) is 0 Å². The minimum absolute atomic E-state index is 0.0524. The van der Waals surface area contributed by atoms with Gasteiger partial charge in [-0.1, -0.05) is 34.5 Å². The Hall–Kier alpha value is -0.370. The summed E-state index contributed by atoms with van der Waals surface area (Å²) >= 11 is 3.84. The quantitative estimate of drug-likeness (QED) is 0.625. The minimum atomic E-state index is -0.0524. The monoisotopic (exact) mass is 324 g/mol. The van der Waals surface area contributed by atoms with Crippen LogP contribution in [0.5, 0.6) is 0 Å². The molecule has 19 heavy (non-hydrogen) atoms. The summed E-state index contributed by atoms with van der Waals surface area (Å²) in [5, 5.41) is 0. The van der Waals surface area contributed by atoms with Crippen LogP contribution in [0.4, 0.5) is 4.39 Å². The van der Waals surface area contributed by atoms with Crippen LogP contribution in [-0.2, 0) is 0 Å². The van der Waals surface area contributed by atoms with E-state index >= 15 is 0 Å². The molecule has 0 spiro atoms. The summed E-state index contributed by atoms with van der Waals surface area (Å²) in [6.45, 7) is 3.73. The number of hydrogen-bond donors (Lipinski definition) is 0. The fourth-order valence-corrected chi connectivity index (χ4v) is 4.97.